The summed E-state index contributed by atoms with van der Waals surface area (Å²) in [5.74, 6) is 0.693. The molecule has 0 aliphatic heterocycles. The van der Waals surface area contributed by atoms with Gasteiger partial charge in [0.1, 0.15) is 12.4 Å². The minimum atomic E-state index is -0.0656. The number of nitrogens with zero attached hydrogens (tertiary/aromatic N) is 1. The molecule has 1 aromatic rings. The van der Waals surface area contributed by atoms with E-state index in [-0.39, 0.29) is 11.3 Å². The summed E-state index contributed by atoms with van der Waals surface area (Å²) < 4.78 is 5.76. The average molecular weight is 235 g/mol. The predicted octanol–water partition coefficient (Wildman–Crippen LogP) is 2.61. The molecule has 1 aromatic carbocycles. The quantitative estimate of drug-likeness (QED) is 0.735. The van der Waals surface area contributed by atoms with Crippen molar-refractivity contribution in [2.24, 2.45) is 0 Å². The lowest BCUT2D eigenvalue weighted by Gasteiger charge is -2.32. The zero-order valence-corrected chi connectivity index (χ0v) is 11.3. The summed E-state index contributed by atoms with van der Waals surface area (Å²) in [7, 11) is 4.03. The number of Topliss-reactive ketones (excluding diaryl/α,β-unsaturated/α-hetero) is 1. The van der Waals surface area contributed by atoms with Gasteiger partial charge in [0, 0.05) is 5.54 Å². The molecule has 0 saturated carbocycles. The van der Waals surface area contributed by atoms with Crippen molar-refractivity contribution in [3.63, 3.8) is 0 Å². The van der Waals surface area contributed by atoms with E-state index < -0.39 is 0 Å². The average Bonchev–Trinajstić information content (AvgIpc) is 2.26. The number of likely N-dealkylation sites (N-methyl/N-ethyl adjacent to an activating group) is 1. The van der Waals surface area contributed by atoms with E-state index in [0.29, 0.717) is 17.9 Å². The summed E-state index contributed by atoms with van der Waals surface area (Å²) in [5.41, 5.74) is 0.575. The van der Waals surface area contributed by atoms with Gasteiger partial charge in [-0.1, -0.05) is 12.1 Å². The lowest BCUT2D eigenvalue weighted by atomic mass is 10.1. The zero-order chi connectivity index (χ0) is 13.1. The molecule has 0 amide bonds. The molecule has 0 aliphatic rings. The van der Waals surface area contributed by atoms with Gasteiger partial charge in [-0.05, 0) is 47.0 Å². The Morgan fingerprint density at radius 1 is 1.29 bits per heavy atom. The maximum absolute atomic E-state index is 11.4. The number of carbonyl (C=O) groups is 1. The highest BCUT2D eigenvalue weighted by atomic mass is 16.5. The van der Waals surface area contributed by atoms with Gasteiger partial charge in [0.2, 0.25) is 0 Å². The Balaban J connectivity index is 2.79. The van der Waals surface area contributed by atoms with E-state index in [1.165, 1.54) is 0 Å². The maximum Gasteiger partial charge on any atom is 0.163 e. The number of rotatable bonds is 5. The molecule has 94 valence electrons. The number of hydrogen-bond donors (Lipinski definition) is 0. The van der Waals surface area contributed by atoms with Crippen molar-refractivity contribution in [2.45, 2.75) is 26.3 Å². The maximum atomic E-state index is 11.4. The van der Waals surface area contributed by atoms with Crippen LogP contribution in [0.4, 0.5) is 0 Å². The first-order valence-corrected chi connectivity index (χ1v) is 5.75. The molecule has 0 unspecified atom stereocenters. The van der Waals surface area contributed by atoms with Crippen molar-refractivity contribution < 1.29 is 9.53 Å². The van der Waals surface area contributed by atoms with Crippen LogP contribution in [0.5, 0.6) is 5.75 Å². The number of benzene rings is 1. The molecule has 0 N–H and O–H groups in total. The molecule has 0 saturated heterocycles. The van der Waals surface area contributed by atoms with Crippen LogP contribution in [0.3, 0.4) is 0 Å². The first-order valence-electron chi connectivity index (χ1n) is 5.75. The first kappa shape index (κ1) is 13.7. The highest BCUT2D eigenvalue weighted by Gasteiger charge is 2.22. The van der Waals surface area contributed by atoms with Gasteiger partial charge < -0.3 is 9.64 Å². The Labute approximate surface area is 103 Å². The molecule has 0 atom stereocenters. The molecule has 3 heteroatoms. The third-order valence-corrected chi connectivity index (χ3v) is 3.06. The number of hydrogen-bond acceptors (Lipinski definition) is 3. The first-order chi connectivity index (χ1) is 7.84. The van der Waals surface area contributed by atoms with Crippen LogP contribution >= 0.6 is 0 Å². The molecular formula is C14H21NO2. The summed E-state index contributed by atoms with van der Waals surface area (Å²) in [6, 6.07) is 7.36. The Morgan fingerprint density at radius 2 is 1.88 bits per heavy atom. The van der Waals surface area contributed by atoms with Gasteiger partial charge in [0.05, 0.1) is 5.56 Å². The second-order valence-corrected chi connectivity index (χ2v) is 5.05. The summed E-state index contributed by atoms with van der Waals surface area (Å²) >= 11 is 0. The van der Waals surface area contributed by atoms with Gasteiger partial charge in [0.15, 0.2) is 5.78 Å². The molecule has 3 nitrogen and oxygen atoms in total. The van der Waals surface area contributed by atoms with Crippen LogP contribution in [0.1, 0.15) is 31.1 Å². The SMILES string of the molecule is CC(=O)c1ccccc1OCC(C)(C)N(C)C. The largest absolute Gasteiger partial charge is 0.491 e. The van der Waals surface area contributed by atoms with Crippen LogP contribution in [0.25, 0.3) is 0 Å². The fraction of sp³-hybridized carbons (Fsp3) is 0.500. The number of ketones is 1. The van der Waals surface area contributed by atoms with Crippen LogP contribution < -0.4 is 4.74 Å². The molecular weight excluding hydrogens is 214 g/mol. The van der Waals surface area contributed by atoms with E-state index in [1.807, 2.05) is 32.3 Å². The van der Waals surface area contributed by atoms with Crippen LogP contribution in [0.2, 0.25) is 0 Å². The van der Waals surface area contributed by atoms with Crippen molar-refractivity contribution in [1.29, 1.82) is 0 Å². The fourth-order valence-corrected chi connectivity index (χ4v) is 1.27. The molecule has 0 bridgehead atoms. The molecule has 0 aliphatic carbocycles. The standard InChI is InChI=1S/C14H21NO2/c1-11(16)12-8-6-7-9-13(12)17-10-14(2,3)15(4)5/h6-9H,10H2,1-5H3. The van der Waals surface area contributed by atoms with Crippen LogP contribution in [0.15, 0.2) is 24.3 Å². The third-order valence-electron chi connectivity index (χ3n) is 3.06. The monoisotopic (exact) mass is 235 g/mol. The summed E-state index contributed by atoms with van der Waals surface area (Å²) in [5, 5.41) is 0. The normalized spacial score (nSPS) is 11.6. The topological polar surface area (TPSA) is 29.5 Å². The lowest BCUT2D eigenvalue weighted by Crippen LogP contribution is -2.43. The van der Waals surface area contributed by atoms with E-state index in [4.69, 9.17) is 4.74 Å². The van der Waals surface area contributed by atoms with Crippen LogP contribution in [-0.2, 0) is 0 Å². The smallest absolute Gasteiger partial charge is 0.163 e. The van der Waals surface area contributed by atoms with Gasteiger partial charge in [-0.3, -0.25) is 4.79 Å². The van der Waals surface area contributed by atoms with Gasteiger partial charge >= 0.3 is 0 Å². The lowest BCUT2D eigenvalue weighted by molar-refractivity contribution is 0.0987. The number of carbonyl (C=O) groups excluding carboxylic acids is 1. The molecule has 0 spiro atoms. The van der Waals surface area contributed by atoms with E-state index in [2.05, 4.69) is 18.7 Å². The Morgan fingerprint density at radius 3 is 2.41 bits per heavy atom. The third kappa shape index (κ3) is 3.56. The molecule has 0 radical (unpaired) electrons. The zero-order valence-electron chi connectivity index (χ0n) is 11.3. The van der Waals surface area contributed by atoms with Crippen molar-refractivity contribution >= 4 is 5.78 Å². The molecule has 1 rings (SSSR count). The van der Waals surface area contributed by atoms with Gasteiger partial charge in [0.25, 0.3) is 0 Å². The van der Waals surface area contributed by atoms with E-state index in [9.17, 15) is 4.79 Å². The fourth-order valence-electron chi connectivity index (χ4n) is 1.27. The summed E-state index contributed by atoms with van der Waals surface area (Å²) in [4.78, 5) is 13.5. The van der Waals surface area contributed by atoms with Crippen molar-refractivity contribution in [3.05, 3.63) is 29.8 Å². The van der Waals surface area contributed by atoms with Crippen LogP contribution in [-0.4, -0.2) is 36.9 Å². The predicted molar refractivity (Wildman–Crippen MR) is 69.7 cm³/mol. The highest BCUT2D eigenvalue weighted by Crippen LogP contribution is 2.20. The van der Waals surface area contributed by atoms with Gasteiger partial charge in [-0.15, -0.1) is 0 Å². The Kier molecular flexibility index (Phi) is 4.29. The number of ether oxygens (including phenoxy) is 1. The Hall–Kier alpha value is -1.35. The molecule has 0 fully saturated rings. The van der Waals surface area contributed by atoms with Crippen molar-refractivity contribution in [3.8, 4) is 5.75 Å². The van der Waals surface area contributed by atoms with E-state index in [1.54, 1.807) is 13.0 Å². The second-order valence-electron chi connectivity index (χ2n) is 5.05. The minimum Gasteiger partial charge on any atom is -0.491 e. The van der Waals surface area contributed by atoms with Crippen molar-refractivity contribution in [2.75, 3.05) is 20.7 Å². The van der Waals surface area contributed by atoms with Crippen LogP contribution in [0, 0.1) is 0 Å². The minimum absolute atomic E-state index is 0.0308. The van der Waals surface area contributed by atoms with E-state index in [0.717, 1.165) is 0 Å². The summed E-state index contributed by atoms with van der Waals surface area (Å²) in [6.07, 6.45) is 0. The molecule has 17 heavy (non-hydrogen) atoms. The van der Waals surface area contributed by atoms with E-state index >= 15 is 0 Å². The molecule has 0 aromatic heterocycles. The number of para-hydroxylation sites is 1. The van der Waals surface area contributed by atoms with Gasteiger partial charge in [-0.2, -0.15) is 0 Å². The highest BCUT2D eigenvalue weighted by molar-refractivity contribution is 5.96. The van der Waals surface area contributed by atoms with Gasteiger partial charge in [-0.25, -0.2) is 0 Å². The Bertz CT molecular complexity index is 397. The second kappa shape index (κ2) is 5.32. The summed E-state index contributed by atoms with van der Waals surface area (Å²) in [6.45, 7) is 6.30. The van der Waals surface area contributed by atoms with Crippen molar-refractivity contribution in [1.82, 2.24) is 4.90 Å². The molecule has 0 heterocycles.